The van der Waals surface area contributed by atoms with E-state index in [0.29, 0.717) is 24.3 Å². The molecule has 250 valence electrons. The molecule has 0 saturated heterocycles. The molecule has 0 bridgehead atoms. The number of carbonyl (C=O) groups excluding carboxylic acids is 2. The van der Waals surface area contributed by atoms with Gasteiger partial charge in [-0.2, -0.15) is 0 Å². The highest BCUT2D eigenvalue weighted by Crippen LogP contribution is 2.23. The molecule has 8 heteroatoms. The van der Waals surface area contributed by atoms with Crippen LogP contribution in [-0.4, -0.2) is 20.2 Å². The number of sulfonamides is 1. The van der Waals surface area contributed by atoms with Crippen LogP contribution in [-0.2, 0) is 21.4 Å². The highest BCUT2D eigenvalue weighted by Gasteiger charge is 2.22. The van der Waals surface area contributed by atoms with E-state index in [1.807, 2.05) is 30.3 Å². The molecule has 0 aromatic heterocycles. The molecule has 0 spiro atoms. The maximum Gasteiger partial charge on any atom is 0.266 e. The SMILES string of the molecule is CCCCCCCCCCCCCCCCCC(=O)NS(=O)(=O)c1ccccc1NC(=O)c1cccc(OCc2ccccc2)c1. The van der Waals surface area contributed by atoms with E-state index in [4.69, 9.17) is 4.74 Å². The summed E-state index contributed by atoms with van der Waals surface area (Å²) in [5.41, 5.74) is 1.41. The molecule has 2 amide bonds. The minimum atomic E-state index is -4.18. The first kappa shape index (κ1) is 36.8. The van der Waals surface area contributed by atoms with Crippen LogP contribution in [0.2, 0.25) is 0 Å². The fourth-order valence-electron chi connectivity index (χ4n) is 5.38. The Morgan fingerprint density at radius 1 is 0.652 bits per heavy atom. The molecule has 3 aromatic rings. The predicted octanol–water partition coefficient (Wildman–Crippen LogP) is 9.58. The van der Waals surface area contributed by atoms with Gasteiger partial charge in [-0.25, -0.2) is 13.1 Å². The molecule has 0 aliphatic heterocycles. The summed E-state index contributed by atoms with van der Waals surface area (Å²) in [4.78, 5) is 25.4. The first-order valence-electron chi connectivity index (χ1n) is 17.1. The Bertz CT molecular complexity index is 1430. The van der Waals surface area contributed by atoms with Crippen molar-refractivity contribution in [2.24, 2.45) is 0 Å². The molecule has 0 heterocycles. The average Bonchev–Trinajstić information content (AvgIpc) is 3.06. The molecule has 3 aromatic carbocycles. The zero-order chi connectivity index (χ0) is 32.9. The van der Waals surface area contributed by atoms with Crippen molar-refractivity contribution in [3.8, 4) is 5.75 Å². The minimum absolute atomic E-state index is 0.0929. The largest absolute Gasteiger partial charge is 0.489 e. The van der Waals surface area contributed by atoms with Crippen LogP contribution >= 0.6 is 0 Å². The molecule has 3 rings (SSSR count). The van der Waals surface area contributed by atoms with Gasteiger partial charge in [0.25, 0.3) is 15.9 Å². The molecule has 7 nitrogen and oxygen atoms in total. The number of nitrogens with one attached hydrogen (secondary N) is 2. The lowest BCUT2D eigenvalue weighted by Gasteiger charge is -2.13. The zero-order valence-electron chi connectivity index (χ0n) is 27.5. The lowest BCUT2D eigenvalue weighted by atomic mass is 10.0. The number of unbranched alkanes of at least 4 members (excludes halogenated alkanes) is 14. The summed E-state index contributed by atoms with van der Waals surface area (Å²) < 4.78 is 34.2. The van der Waals surface area contributed by atoms with Gasteiger partial charge < -0.3 is 10.1 Å². The third-order valence-electron chi connectivity index (χ3n) is 8.02. The monoisotopic (exact) mass is 648 g/mol. The summed E-state index contributed by atoms with van der Waals surface area (Å²) in [5, 5.41) is 2.68. The molecule has 2 N–H and O–H groups in total. The number of amides is 2. The van der Waals surface area contributed by atoms with Crippen molar-refractivity contribution in [1.82, 2.24) is 4.72 Å². The minimum Gasteiger partial charge on any atom is -0.489 e. The third-order valence-corrected chi connectivity index (χ3v) is 9.46. The van der Waals surface area contributed by atoms with Crippen molar-refractivity contribution in [3.63, 3.8) is 0 Å². The second-order valence-electron chi connectivity index (χ2n) is 12.0. The normalized spacial score (nSPS) is 11.2. The Hall–Kier alpha value is -3.65. The van der Waals surface area contributed by atoms with Crippen LogP contribution in [0.3, 0.4) is 0 Å². The van der Waals surface area contributed by atoms with Gasteiger partial charge in [0.1, 0.15) is 17.3 Å². The third kappa shape index (κ3) is 14.2. The summed E-state index contributed by atoms with van der Waals surface area (Å²) in [6.07, 6.45) is 18.5. The van der Waals surface area contributed by atoms with E-state index in [9.17, 15) is 18.0 Å². The predicted molar refractivity (Wildman–Crippen MR) is 186 cm³/mol. The summed E-state index contributed by atoms with van der Waals surface area (Å²) in [6.45, 7) is 2.61. The molecular formula is C38H52N2O5S. The second kappa shape index (κ2) is 21.2. The van der Waals surface area contributed by atoms with Crippen molar-refractivity contribution in [3.05, 3.63) is 90.0 Å². The van der Waals surface area contributed by atoms with Gasteiger partial charge in [0.2, 0.25) is 5.91 Å². The lowest BCUT2D eigenvalue weighted by Crippen LogP contribution is -2.31. The summed E-state index contributed by atoms with van der Waals surface area (Å²) >= 11 is 0. The molecule has 0 aliphatic rings. The number of carbonyl (C=O) groups is 2. The van der Waals surface area contributed by atoms with Crippen LogP contribution in [0, 0.1) is 0 Å². The van der Waals surface area contributed by atoms with Crippen LogP contribution in [0.1, 0.15) is 126 Å². The maximum atomic E-state index is 13.1. The number of rotatable bonds is 23. The van der Waals surface area contributed by atoms with Gasteiger partial charge in [0.15, 0.2) is 0 Å². The van der Waals surface area contributed by atoms with Crippen LogP contribution in [0.15, 0.2) is 83.8 Å². The Kier molecular flexibility index (Phi) is 17.0. The summed E-state index contributed by atoms with van der Waals surface area (Å²) in [7, 11) is -4.18. The van der Waals surface area contributed by atoms with E-state index >= 15 is 0 Å². The van der Waals surface area contributed by atoms with Crippen molar-refractivity contribution in [2.45, 2.75) is 121 Å². The van der Waals surface area contributed by atoms with E-state index in [2.05, 4.69) is 17.0 Å². The fourth-order valence-corrected chi connectivity index (χ4v) is 6.56. The highest BCUT2D eigenvalue weighted by molar-refractivity contribution is 7.90. The van der Waals surface area contributed by atoms with Gasteiger partial charge in [0.05, 0.1) is 5.69 Å². The Labute approximate surface area is 276 Å². The van der Waals surface area contributed by atoms with Gasteiger partial charge in [-0.15, -0.1) is 0 Å². The van der Waals surface area contributed by atoms with Crippen LogP contribution in [0.4, 0.5) is 5.69 Å². The van der Waals surface area contributed by atoms with Crippen molar-refractivity contribution in [2.75, 3.05) is 5.32 Å². The Morgan fingerprint density at radius 3 is 1.85 bits per heavy atom. The van der Waals surface area contributed by atoms with Crippen LogP contribution in [0.25, 0.3) is 0 Å². The van der Waals surface area contributed by atoms with E-state index in [0.717, 1.165) is 24.8 Å². The first-order chi connectivity index (χ1) is 22.4. The van der Waals surface area contributed by atoms with Gasteiger partial charge in [-0.1, -0.05) is 145 Å². The number of para-hydroxylation sites is 1. The van der Waals surface area contributed by atoms with Crippen molar-refractivity contribution < 1.29 is 22.7 Å². The van der Waals surface area contributed by atoms with E-state index < -0.39 is 21.8 Å². The highest BCUT2D eigenvalue weighted by atomic mass is 32.2. The Morgan fingerprint density at radius 2 is 1.22 bits per heavy atom. The summed E-state index contributed by atoms with van der Waals surface area (Å²) in [5.74, 6) is -0.514. The summed E-state index contributed by atoms with van der Waals surface area (Å²) in [6, 6.07) is 22.4. The number of hydrogen-bond acceptors (Lipinski definition) is 5. The van der Waals surface area contributed by atoms with Gasteiger partial charge >= 0.3 is 0 Å². The number of benzene rings is 3. The van der Waals surface area contributed by atoms with Crippen molar-refractivity contribution in [1.29, 1.82) is 0 Å². The molecule has 0 fully saturated rings. The van der Waals surface area contributed by atoms with E-state index in [-0.39, 0.29) is 17.0 Å². The lowest BCUT2D eigenvalue weighted by molar-refractivity contribution is -0.119. The number of hydrogen-bond donors (Lipinski definition) is 2. The maximum absolute atomic E-state index is 13.1. The number of anilines is 1. The van der Waals surface area contributed by atoms with Gasteiger partial charge in [-0.3, -0.25) is 9.59 Å². The van der Waals surface area contributed by atoms with Crippen LogP contribution < -0.4 is 14.8 Å². The zero-order valence-corrected chi connectivity index (χ0v) is 28.3. The standard InChI is InChI=1S/C38H52N2O5S/c1-2-3-4-5-6-7-8-9-10-11-12-13-14-15-19-29-37(41)40-46(43,44)36-28-21-20-27-35(36)39-38(42)33-25-22-26-34(30-33)45-31-32-23-17-16-18-24-32/h16-18,20-28,30H,2-15,19,29,31H2,1H3,(H,39,42)(H,40,41). The first-order valence-corrected chi connectivity index (χ1v) is 18.6. The smallest absolute Gasteiger partial charge is 0.266 e. The van der Waals surface area contributed by atoms with Gasteiger partial charge in [0, 0.05) is 12.0 Å². The molecular weight excluding hydrogens is 596 g/mol. The average molecular weight is 649 g/mol. The van der Waals surface area contributed by atoms with Crippen LogP contribution in [0.5, 0.6) is 5.75 Å². The topological polar surface area (TPSA) is 102 Å². The van der Waals surface area contributed by atoms with Crippen molar-refractivity contribution >= 4 is 27.5 Å². The molecule has 0 radical (unpaired) electrons. The number of ether oxygens (including phenoxy) is 1. The Balaban J connectivity index is 1.36. The molecule has 46 heavy (non-hydrogen) atoms. The molecule has 0 aliphatic carbocycles. The fraction of sp³-hybridized carbons (Fsp3) is 0.474. The quantitative estimate of drug-likeness (QED) is 0.0997. The molecule has 0 atom stereocenters. The van der Waals surface area contributed by atoms with E-state index in [1.54, 1.807) is 36.4 Å². The second-order valence-corrected chi connectivity index (χ2v) is 13.6. The molecule has 0 unspecified atom stereocenters. The molecule has 0 saturated carbocycles. The van der Waals surface area contributed by atoms with Gasteiger partial charge in [-0.05, 0) is 42.3 Å². The van der Waals surface area contributed by atoms with E-state index in [1.165, 1.54) is 82.8 Å².